The molecule has 0 saturated heterocycles. The maximum absolute atomic E-state index is 13.4. The lowest BCUT2D eigenvalue weighted by Crippen LogP contribution is -2.40. The number of carbonyl (C=O) groups is 1. The third kappa shape index (κ3) is 3.56. The minimum Gasteiger partial charge on any atom is -0.493 e. The molecule has 0 spiro atoms. The van der Waals surface area contributed by atoms with Crippen molar-refractivity contribution in [3.8, 4) is 22.6 Å². The molecule has 1 amide bonds. The second-order valence-electron chi connectivity index (χ2n) is 8.02. The van der Waals surface area contributed by atoms with Crippen LogP contribution in [-0.2, 0) is 17.8 Å². The molecule has 1 aliphatic heterocycles. The van der Waals surface area contributed by atoms with Crippen LogP contribution in [0.5, 0.6) is 11.5 Å². The van der Waals surface area contributed by atoms with Crippen LogP contribution in [0.25, 0.3) is 21.3 Å². The molecular weight excluding hydrogens is 438 g/mol. The lowest BCUT2D eigenvalue weighted by atomic mass is 10.1. The van der Waals surface area contributed by atoms with Crippen LogP contribution < -0.4 is 19.9 Å². The van der Waals surface area contributed by atoms with Gasteiger partial charge in [0, 0.05) is 22.7 Å². The van der Waals surface area contributed by atoms with Gasteiger partial charge in [0.15, 0.2) is 11.5 Å². The van der Waals surface area contributed by atoms with Crippen molar-refractivity contribution in [2.24, 2.45) is 0 Å². The van der Waals surface area contributed by atoms with Crippen molar-refractivity contribution in [3.63, 3.8) is 0 Å². The smallest absolute Gasteiger partial charge is 0.263 e. The Labute approximate surface area is 194 Å². The number of nitrogens with zero attached hydrogens (tertiary/aromatic N) is 3. The molecule has 0 bridgehead atoms. The van der Waals surface area contributed by atoms with Crippen LogP contribution in [0, 0.1) is 0 Å². The topological polar surface area (TPSA) is 73.7 Å². The van der Waals surface area contributed by atoms with E-state index in [4.69, 9.17) is 9.47 Å². The van der Waals surface area contributed by atoms with Crippen LogP contribution >= 0.6 is 11.3 Å². The molecule has 1 atom stereocenters. The average molecular weight is 462 g/mol. The summed E-state index contributed by atoms with van der Waals surface area (Å²) in [5.41, 5.74) is 3.41. The van der Waals surface area contributed by atoms with E-state index in [9.17, 15) is 9.59 Å². The van der Waals surface area contributed by atoms with Crippen LogP contribution in [0.1, 0.15) is 12.5 Å². The third-order valence-electron chi connectivity index (χ3n) is 6.04. The van der Waals surface area contributed by atoms with Gasteiger partial charge in [-0.3, -0.25) is 14.2 Å². The normalized spacial score (nSPS) is 15.0. The first-order valence-electron chi connectivity index (χ1n) is 10.6. The number of benzene rings is 2. The van der Waals surface area contributed by atoms with Gasteiger partial charge >= 0.3 is 0 Å². The summed E-state index contributed by atoms with van der Waals surface area (Å²) in [6.07, 6.45) is 2.27. The van der Waals surface area contributed by atoms with E-state index in [1.807, 2.05) is 54.8 Å². The van der Waals surface area contributed by atoms with Gasteiger partial charge in [-0.05, 0) is 42.7 Å². The molecule has 0 fully saturated rings. The lowest BCUT2D eigenvalue weighted by molar-refractivity contribution is -0.119. The third-order valence-corrected chi connectivity index (χ3v) is 6.92. The van der Waals surface area contributed by atoms with Crippen molar-refractivity contribution < 1.29 is 14.3 Å². The van der Waals surface area contributed by atoms with Crippen molar-refractivity contribution in [1.29, 1.82) is 0 Å². The molecule has 4 aromatic rings. The highest BCUT2D eigenvalue weighted by molar-refractivity contribution is 7.17. The lowest BCUT2D eigenvalue weighted by Gasteiger charge is -2.23. The highest BCUT2D eigenvalue weighted by Gasteiger charge is 2.30. The van der Waals surface area contributed by atoms with E-state index in [-0.39, 0.29) is 24.1 Å². The molecule has 2 aromatic carbocycles. The number of para-hydroxylation sites is 1. The molecule has 168 valence electrons. The molecule has 1 aliphatic rings. The summed E-state index contributed by atoms with van der Waals surface area (Å²) < 4.78 is 12.1. The van der Waals surface area contributed by atoms with E-state index < -0.39 is 0 Å². The van der Waals surface area contributed by atoms with Gasteiger partial charge < -0.3 is 14.4 Å². The van der Waals surface area contributed by atoms with E-state index in [1.165, 1.54) is 22.2 Å². The molecule has 0 radical (unpaired) electrons. The Hall–Kier alpha value is -3.65. The minimum atomic E-state index is -0.237. The SMILES string of the molecule is COc1ccc(-c2csc3ncn(CC(=O)N4c5ccccc5CC4C)c(=O)c23)cc1OC. The van der Waals surface area contributed by atoms with Gasteiger partial charge in [-0.2, -0.15) is 0 Å². The fourth-order valence-corrected chi connectivity index (χ4v) is 5.37. The molecule has 0 aliphatic carbocycles. The van der Waals surface area contributed by atoms with E-state index in [1.54, 1.807) is 19.1 Å². The quantitative estimate of drug-likeness (QED) is 0.447. The summed E-state index contributed by atoms with van der Waals surface area (Å²) >= 11 is 1.40. The van der Waals surface area contributed by atoms with Crippen molar-refractivity contribution in [3.05, 3.63) is 70.1 Å². The second kappa shape index (κ2) is 8.37. The summed E-state index contributed by atoms with van der Waals surface area (Å²) in [5.74, 6) is 1.07. The molecule has 8 heteroatoms. The molecule has 0 N–H and O–H groups in total. The number of fused-ring (bicyclic) bond motifs is 2. The van der Waals surface area contributed by atoms with Crippen molar-refractivity contribution >= 4 is 33.1 Å². The number of amides is 1. The number of anilines is 1. The number of hydrogen-bond donors (Lipinski definition) is 0. The van der Waals surface area contributed by atoms with E-state index >= 15 is 0 Å². The molecular formula is C25H23N3O4S. The Bertz CT molecular complexity index is 1420. The van der Waals surface area contributed by atoms with Gasteiger partial charge in [-0.25, -0.2) is 4.98 Å². The van der Waals surface area contributed by atoms with Crippen LogP contribution in [0.3, 0.4) is 0 Å². The Kier molecular flexibility index (Phi) is 5.38. The largest absolute Gasteiger partial charge is 0.493 e. The highest BCUT2D eigenvalue weighted by Crippen LogP contribution is 2.36. The number of ether oxygens (including phenoxy) is 2. The van der Waals surface area contributed by atoms with Crippen molar-refractivity contribution in [2.45, 2.75) is 25.9 Å². The number of thiophene rings is 1. The molecule has 2 aromatic heterocycles. The van der Waals surface area contributed by atoms with Gasteiger partial charge in [0.2, 0.25) is 5.91 Å². The zero-order chi connectivity index (χ0) is 23.1. The van der Waals surface area contributed by atoms with Crippen LogP contribution in [0.4, 0.5) is 5.69 Å². The van der Waals surface area contributed by atoms with Crippen LogP contribution in [0.2, 0.25) is 0 Å². The maximum Gasteiger partial charge on any atom is 0.263 e. The Morgan fingerprint density at radius 1 is 1.15 bits per heavy atom. The number of aromatic nitrogens is 2. The zero-order valence-electron chi connectivity index (χ0n) is 18.6. The second-order valence-corrected chi connectivity index (χ2v) is 8.88. The number of carbonyl (C=O) groups excluding carboxylic acids is 1. The Morgan fingerprint density at radius 3 is 2.73 bits per heavy atom. The molecule has 3 heterocycles. The van der Waals surface area contributed by atoms with Gasteiger partial charge in [0.1, 0.15) is 11.4 Å². The number of rotatable bonds is 5. The van der Waals surface area contributed by atoms with Gasteiger partial charge in [-0.15, -0.1) is 11.3 Å². The van der Waals surface area contributed by atoms with Gasteiger partial charge in [-0.1, -0.05) is 24.3 Å². The zero-order valence-corrected chi connectivity index (χ0v) is 19.4. The first kappa shape index (κ1) is 21.2. The van der Waals surface area contributed by atoms with E-state index in [0.29, 0.717) is 21.7 Å². The van der Waals surface area contributed by atoms with Crippen LogP contribution in [-0.4, -0.2) is 35.7 Å². The number of methoxy groups -OCH3 is 2. The summed E-state index contributed by atoms with van der Waals surface area (Å²) in [6.45, 7) is 1.96. The van der Waals surface area contributed by atoms with Gasteiger partial charge in [0.25, 0.3) is 5.56 Å². The van der Waals surface area contributed by atoms with Crippen molar-refractivity contribution in [2.75, 3.05) is 19.1 Å². The Balaban J connectivity index is 1.52. The minimum absolute atomic E-state index is 0.0470. The fourth-order valence-electron chi connectivity index (χ4n) is 4.46. The van der Waals surface area contributed by atoms with Gasteiger partial charge in [0.05, 0.1) is 25.9 Å². The summed E-state index contributed by atoms with van der Waals surface area (Å²) in [5, 5.41) is 2.41. The average Bonchev–Trinajstić information content (AvgIpc) is 3.41. The first-order chi connectivity index (χ1) is 16.0. The predicted molar refractivity (Wildman–Crippen MR) is 130 cm³/mol. The Morgan fingerprint density at radius 2 is 1.94 bits per heavy atom. The monoisotopic (exact) mass is 461 g/mol. The van der Waals surface area contributed by atoms with E-state index in [0.717, 1.165) is 28.8 Å². The molecule has 7 nitrogen and oxygen atoms in total. The summed E-state index contributed by atoms with van der Waals surface area (Å²) in [7, 11) is 3.15. The van der Waals surface area contributed by atoms with Crippen molar-refractivity contribution in [1.82, 2.24) is 9.55 Å². The standard InChI is InChI=1S/C25H23N3O4S/c1-15-10-17-6-4-5-7-19(17)28(15)22(29)12-27-14-26-24-23(25(27)30)18(13-33-24)16-8-9-20(31-2)21(11-16)32-3/h4-9,11,13-15H,10,12H2,1-3H3. The summed E-state index contributed by atoms with van der Waals surface area (Å²) in [6, 6.07) is 13.5. The van der Waals surface area contributed by atoms with E-state index in [2.05, 4.69) is 4.98 Å². The van der Waals surface area contributed by atoms with Crippen LogP contribution in [0.15, 0.2) is 59.0 Å². The summed E-state index contributed by atoms with van der Waals surface area (Å²) in [4.78, 5) is 33.6. The number of hydrogen-bond acceptors (Lipinski definition) is 6. The molecule has 5 rings (SSSR count). The molecule has 0 saturated carbocycles. The fraction of sp³-hybridized carbons (Fsp3) is 0.240. The first-order valence-corrected chi connectivity index (χ1v) is 11.5. The maximum atomic E-state index is 13.4. The highest BCUT2D eigenvalue weighted by atomic mass is 32.1. The molecule has 1 unspecified atom stereocenters. The predicted octanol–water partition coefficient (Wildman–Crippen LogP) is 4.12. The molecule has 33 heavy (non-hydrogen) atoms.